The van der Waals surface area contributed by atoms with E-state index >= 15 is 0 Å². The number of hydrogen-bond donors (Lipinski definition) is 0. The highest BCUT2D eigenvalue weighted by molar-refractivity contribution is 8.14. The van der Waals surface area contributed by atoms with Gasteiger partial charge in [-0.15, -0.1) is 0 Å². The maximum absolute atomic E-state index is 13.5. The summed E-state index contributed by atoms with van der Waals surface area (Å²) in [6.45, 7) is 8.83. The van der Waals surface area contributed by atoms with Gasteiger partial charge in [0, 0.05) is 18.0 Å². The quantitative estimate of drug-likeness (QED) is 0.334. The van der Waals surface area contributed by atoms with Gasteiger partial charge in [0.2, 0.25) is 0 Å². The Labute approximate surface area is 187 Å². The molecule has 0 saturated carbocycles. The van der Waals surface area contributed by atoms with E-state index in [1.807, 2.05) is 38.5 Å². The fourth-order valence-corrected chi connectivity index (χ4v) is 4.91. The van der Waals surface area contributed by atoms with Gasteiger partial charge < -0.3 is 9.64 Å². The zero-order chi connectivity index (χ0) is 23.2. The minimum absolute atomic E-state index is 0.245. The number of hydrogen-bond acceptors (Lipinski definition) is 2. The Balaban J connectivity index is 1.80. The van der Waals surface area contributed by atoms with Gasteiger partial charge in [0.1, 0.15) is 5.60 Å². The summed E-state index contributed by atoms with van der Waals surface area (Å²) in [6.07, 6.45) is 2.74. The van der Waals surface area contributed by atoms with Crippen LogP contribution in [0.4, 0.5) is 18.0 Å². The first-order valence-electron chi connectivity index (χ1n) is 11.0. The Morgan fingerprint density at radius 1 is 1.19 bits per heavy atom. The average molecular weight is 460 g/mol. The van der Waals surface area contributed by atoms with Crippen LogP contribution in [0.2, 0.25) is 0 Å². The van der Waals surface area contributed by atoms with Crippen LogP contribution in [-0.2, 0) is 17.3 Å². The molecular weight excluding hydrogens is 423 g/mol. The molecule has 0 bridgehead atoms. The molecule has 1 atom stereocenters. The number of amides is 1. The maximum atomic E-state index is 13.5. The van der Waals surface area contributed by atoms with Crippen molar-refractivity contribution in [2.45, 2.75) is 82.9 Å². The first kappa shape index (κ1) is 25.8. The number of halogens is 3. The maximum Gasteiger partial charge on any atom is 0.417 e. The molecule has 1 saturated heterocycles. The number of piperidine rings is 1. The third kappa shape index (κ3) is 8.17. The summed E-state index contributed by atoms with van der Waals surface area (Å²) in [5, 5.41) is 1.82. The zero-order valence-corrected chi connectivity index (χ0v) is 20.2. The Morgan fingerprint density at radius 3 is 2.39 bits per heavy atom. The van der Waals surface area contributed by atoms with E-state index in [0.29, 0.717) is 30.3 Å². The van der Waals surface area contributed by atoms with Crippen molar-refractivity contribution in [2.75, 3.05) is 19.3 Å². The van der Waals surface area contributed by atoms with Crippen LogP contribution in [0.5, 0.6) is 0 Å². The van der Waals surface area contributed by atoms with Gasteiger partial charge in [0.15, 0.2) is 0 Å². The van der Waals surface area contributed by atoms with E-state index in [9.17, 15) is 18.0 Å². The van der Waals surface area contributed by atoms with E-state index in [-0.39, 0.29) is 6.09 Å². The Morgan fingerprint density at radius 2 is 1.84 bits per heavy atom. The highest BCUT2D eigenvalue weighted by atomic mass is 32.2. The number of carbonyl (C=O) groups excluding carboxylic acids is 1. The fourth-order valence-electron chi connectivity index (χ4n) is 3.85. The molecule has 1 aliphatic rings. The van der Waals surface area contributed by atoms with Crippen LogP contribution in [0, 0.1) is 5.92 Å². The summed E-state index contributed by atoms with van der Waals surface area (Å²) in [4.78, 5) is 14.3. The number of benzene rings is 1. The molecule has 176 valence electrons. The van der Waals surface area contributed by atoms with Crippen LogP contribution in [0.3, 0.4) is 0 Å². The second-order valence-corrected chi connectivity index (χ2v) is 11.3. The van der Waals surface area contributed by atoms with Crippen molar-refractivity contribution in [3.05, 3.63) is 29.3 Å². The minimum Gasteiger partial charge on any atom is -0.444 e. The van der Waals surface area contributed by atoms with Crippen molar-refractivity contribution < 1.29 is 22.7 Å². The number of unbranched alkanes of at least 4 members (excludes halogenated alkanes) is 1. The van der Waals surface area contributed by atoms with E-state index in [0.717, 1.165) is 37.7 Å². The molecule has 1 heterocycles. The summed E-state index contributed by atoms with van der Waals surface area (Å²) in [5.41, 5.74) is -0.224. The van der Waals surface area contributed by atoms with Crippen LogP contribution in [-0.4, -0.2) is 41.3 Å². The van der Waals surface area contributed by atoms with Gasteiger partial charge >= 0.3 is 12.3 Å². The molecule has 7 heteroatoms. The van der Waals surface area contributed by atoms with Gasteiger partial charge in [-0.1, -0.05) is 24.3 Å². The summed E-state index contributed by atoms with van der Waals surface area (Å²) in [6, 6.07) is 4.83. The van der Waals surface area contributed by atoms with E-state index < -0.39 is 27.8 Å². The Bertz CT molecular complexity index is 776. The lowest BCUT2D eigenvalue weighted by Crippen LogP contribution is -2.41. The summed E-state index contributed by atoms with van der Waals surface area (Å²) in [7, 11) is -0.512. The lowest BCUT2D eigenvalue weighted by Gasteiger charge is -2.33. The third-order valence-corrected chi connectivity index (χ3v) is 7.40. The molecular formula is C24H36F3NO2S. The van der Waals surface area contributed by atoms with Crippen LogP contribution in [0.25, 0.3) is 0 Å². The molecule has 1 aromatic carbocycles. The van der Waals surface area contributed by atoms with Gasteiger partial charge in [0.05, 0.1) is 5.56 Å². The molecule has 0 radical (unpaired) electrons. The van der Waals surface area contributed by atoms with Gasteiger partial charge in [-0.25, -0.2) is 4.79 Å². The van der Waals surface area contributed by atoms with Crippen molar-refractivity contribution in [2.24, 2.45) is 5.92 Å². The fraction of sp³-hybridized carbons (Fsp3) is 0.667. The normalized spacial score (nSPS) is 17.1. The minimum atomic E-state index is -4.32. The molecule has 31 heavy (non-hydrogen) atoms. The standard InChI is InChI=1S/C24H36F3NO2S/c1-6-31(5)21-12-11-19(17-20(21)24(25,26)27)10-8-7-9-18-13-15-28(16-14-18)22(29)30-23(2,3)4/h6,11-12,17-18H,7-10,13-16H2,1-5H3. The SMILES string of the molecule is C/C=S(\C)c1ccc(CCCCC2CCN(C(=O)OC(C)(C)C)CC2)cc1C(F)(F)F. The predicted molar refractivity (Wildman–Crippen MR) is 123 cm³/mol. The lowest BCUT2D eigenvalue weighted by molar-refractivity contribution is -0.139. The highest BCUT2D eigenvalue weighted by Crippen LogP contribution is 2.39. The number of nitrogens with zero attached hydrogens (tertiary/aromatic N) is 1. The largest absolute Gasteiger partial charge is 0.444 e. The summed E-state index contributed by atoms with van der Waals surface area (Å²) in [5.74, 6) is 0.564. The molecule has 1 fully saturated rings. The first-order valence-corrected chi connectivity index (χ1v) is 12.7. The summed E-state index contributed by atoms with van der Waals surface area (Å²) < 4.78 is 45.9. The van der Waals surface area contributed by atoms with Crippen LogP contribution < -0.4 is 0 Å². The van der Waals surface area contributed by atoms with Gasteiger partial charge in [-0.3, -0.25) is 0 Å². The van der Waals surface area contributed by atoms with Crippen molar-refractivity contribution in [1.82, 2.24) is 4.90 Å². The van der Waals surface area contributed by atoms with Crippen molar-refractivity contribution in [3.63, 3.8) is 0 Å². The van der Waals surface area contributed by atoms with E-state index in [1.54, 1.807) is 17.9 Å². The smallest absolute Gasteiger partial charge is 0.417 e. The third-order valence-electron chi connectivity index (χ3n) is 5.64. The lowest BCUT2D eigenvalue weighted by atomic mass is 9.91. The molecule has 0 N–H and O–H groups in total. The van der Waals surface area contributed by atoms with Crippen molar-refractivity contribution in [1.29, 1.82) is 0 Å². The molecule has 2 rings (SSSR count). The van der Waals surface area contributed by atoms with Crippen LogP contribution >= 0.6 is 10.5 Å². The van der Waals surface area contributed by atoms with E-state index in [1.165, 1.54) is 6.07 Å². The average Bonchev–Trinajstić information content (AvgIpc) is 2.69. The molecule has 1 amide bonds. The zero-order valence-electron chi connectivity index (χ0n) is 19.3. The number of carbonyl (C=O) groups is 1. The van der Waals surface area contributed by atoms with Crippen LogP contribution in [0.1, 0.15) is 70.9 Å². The monoisotopic (exact) mass is 459 g/mol. The molecule has 3 nitrogen and oxygen atoms in total. The first-order chi connectivity index (χ1) is 14.4. The van der Waals surface area contributed by atoms with Gasteiger partial charge in [-0.2, -0.15) is 23.7 Å². The second-order valence-electron chi connectivity index (χ2n) is 9.28. The van der Waals surface area contributed by atoms with Gasteiger partial charge in [-0.05, 0) is 83.2 Å². The molecule has 0 aliphatic carbocycles. The number of ether oxygens (including phenoxy) is 1. The number of aryl methyl sites for hydroxylation is 1. The molecule has 1 aromatic rings. The Kier molecular flexibility index (Phi) is 9.04. The number of likely N-dealkylation sites (tertiary alicyclic amines) is 1. The van der Waals surface area contributed by atoms with Crippen LogP contribution in [0.15, 0.2) is 23.1 Å². The molecule has 1 aliphatic heterocycles. The summed E-state index contributed by atoms with van der Waals surface area (Å²) >= 11 is 0. The highest BCUT2D eigenvalue weighted by Gasteiger charge is 2.34. The topological polar surface area (TPSA) is 29.5 Å². The predicted octanol–water partition coefficient (Wildman–Crippen LogP) is 7.15. The van der Waals surface area contributed by atoms with Crippen molar-refractivity contribution in [3.8, 4) is 0 Å². The van der Waals surface area contributed by atoms with Crippen molar-refractivity contribution >= 4 is 21.9 Å². The van der Waals surface area contributed by atoms with Gasteiger partial charge in [0.25, 0.3) is 0 Å². The van der Waals surface area contributed by atoms with E-state index in [4.69, 9.17) is 4.74 Å². The second kappa shape index (κ2) is 10.9. The molecule has 0 spiro atoms. The number of rotatable bonds is 6. The number of alkyl halides is 3. The molecule has 1 unspecified atom stereocenters. The van der Waals surface area contributed by atoms with E-state index in [2.05, 4.69) is 0 Å². The Hall–Kier alpha value is -1.50. The molecule has 0 aromatic heterocycles.